The summed E-state index contributed by atoms with van der Waals surface area (Å²) in [5, 5.41) is 7.18. The average Bonchev–Trinajstić information content (AvgIpc) is 3.19. The lowest BCUT2D eigenvalue weighted by atomic mass is 10.1. The van der Waals surface area contributed by atoms with Crippen molar-refractivity contribution in [3.05, 3.63) is 65.2 Å². The van der Waals surface area contributed by atoms with E-state index in [-0.39, 0.29) is 17.6 Å². The molecule has 0 aliphatic heterocycles. The van der Waals surface area contributed by atoms with Crippen LogP contribution in [-0.2, 0) is 0 Å². The number of benzene rings is 1. The van der Waals surface area contributed by atoms with Gasteiger partial charge in [-0.1, -0.05) is 28.9 Å². The first-order valence-corrected chi connectivity index (χ1v) is 7.08. The topological polar surface area (TPSA) is 68.3 Å². The summed E-state index contributed by atoms with van der Waals surface area (Å²) in [5.74, 6) is 0.825. The molecule has 1 atom stereocenters. The number of halogens is 1. The molecule has 3 rings (SSSR count). The maximum Gasteiger partial charge on any atom is 0.274 e. The smallest absolute Gasteiger partial charge is 0.274 e. The summed E-state index contributed by atoms with van der Waals surface area (Å²) in [5.41, 5.74) is 0.964. The Balaban J connectivity index is 1.74. The summed E-state index contributed by atoms with van der Waals surface area (Å²) >= 11 is 5.94. The van der Waals surface area contributed by atoms with E-state index in [1.807, 2.05) is 13.0 Å². The molecule has 0 radical (unpaired) electrons. The molecule has 0 aliphatic carbocycles. The van der Waals surface area contributed by atoms with Gasteiger partial charge in [0.15, 0.2) is 11.5 Å². The lowest BCUT2D eigenvalue weighted by molar-refractivity contribution is 0.0926. The molecule has 0 aliphatic rings. The highest BCUT2D eigenvalue weighted by atomic mass is 35.5. The molecule has 0 spiro atoms. The normalized spacial score (nSPS) is 12.1. The summed E-state index contributed by atoms with van der Waals surface area (Å²) in [7, 11) is 0. The first-order chi connectivity index (χ1) is 10.6. The Morgan fingerprint density at radius 3 is 2.86 bits per heavy atom. The van der Waals surface area contributed by atoms with Crippen molar-refractivity contribution in [2.45, 2.75) is 13.0 Å². The van der Waals surface area contributed by atoms with E-state index >= 15 is 0 Å². The summed E-state index contributed by atoms with van der Waals surface area (Å²) in [6, 6.07) is 12.0. The quantitative estimate of drug-likeness (QED) is 0.787. The fourth-order valence-corrected chi connectivity index (χ4v) is 2.23. The summed E-state index contributed by atoms with van der Waals surface area (Å²) in [6.45, 7) is 1.83. The van der Waals surface area contributed by atoms with E-state index in [0.29, 0.717) is 16.5 Å². The Labute approximate surface area is 131 Å². The number of hydrogen-bond acceptors (Lipinski definition) is 4. The first-order valence-electron chi connectivity index (χ1n) is 6.70. The third-order valence-electron chi connectivity index (χ3n) is 3.17. The Morgan fingerprint density at radius 1 is 1.27 bits per heavy atom. The SMILES string of the molecule is C[C@@H](NC(=O)c1cc(-c2cccc(Cl)c2)on1)c1ccco1. The van der Waals surface area contributed by atoms with Gasteiger partial charge >= 0.3 is 0 Å². The first kappa shape index (κ1) is 14.4. The van der Waals surface area contributed by atoms with Crippen molar-refractivity contribution < 1.29 is 13.7 Å². The van der Waals surface area contributed by atoms with Gasteiger partial charge in [0.2, 0.25) is 0 Å². The minimum Gasteiger partial charge on any atom is -0.467 e. The highest BCUT2D eigenvalue weighted by molar-refractivity contribution is 6.30. The van der Waals surface area contributed by atoms with Gasteiger partial charge in [-0.2, -0.15) is 0 Å². The second-order valence-electron chi connectivity index (χ2n) is 4.80. The maximum absolute atomic E-state index is 12.2. The van der Waals surface area contributed by atoms with E-state index < -0.39 is 0 Å². The average molecular weight is 317 g/mol. The van der Waals surface area contributed by atoms with E-state index in [1.54, 1.807) is 42.7 Å². The van der Waals surface area contributed by atoms with Crippen LogP contribution >= 0.6 is 11.6 Å². The molecule has 1 aromatic carbocycles. The lowest BCUT2D eigenvalue weighted by Gasteiger charge is -2.09. The van der Waals surface area contributed by atoms with Gasteiger partial charge < -0.3 is 14.3 Å². The van der Waals surface area contributed by atoms with Crippen molar-refractivity contribution in [2.75, 3.05) is 0 Å². The van der Waals surface area contributed by atoms with Gasteiger partial charge in [-0.05, 0) is 31.2 Å². The molecule has 3 aromatic rings. The Kier molecular flexibility index (Phi) is 3.98. The minimum atomic E-state index is -0.332. The summed E-state index contributed by atoms with van der Waals surface area (Å²) in [4.78, 5) is 12.2. The molecular weight excluding hydrogens is 304 g/mol. The number of furan rings is 1. The minimum absolute atomic E-state index is 0.202. The third-order valence-corrected chi connectivity index (χ3v) is 3.40. The number of carbonyl (C=O) groups is 1. The van der Waals surface area contributed by atoms with Gasteiger partial charge in [-0.3, -0.25) is 4.79 Å². The van der Waals surface area contributed by atoms with Gasteiger partial charge in [0.25, 0.3) is 5.91 Å². The van der Waals surface area contributed by atoms with Crippen molar-refractivity contribution in [2.24, 2.45) is 0 Å². The second kappa shape index (κ2) is 6.07. The number of rotatable bonds is 4. The molecule has 0 bridgehead atoms. The van der Waals surface area contributed by atoms with Gasteiger partial charge in [0, 0.05) is 16.7 Å². The monoisotopic (exact) mass is 316 g/mol. The molecule has 2 heterocycles. The summed E-state index contributed by atoms with van der Waals surface area (Å²) < 4.78 is 10.5. The lowest BCUT2D eigenvalue weighted by Crippen LogP contribution is -2.26. The van der Waals surface area contributed by atoms with Crippen LogP contribution in [0, 0.1) is 0 Å². The fraction of sp³-hybridized carbons (Fsp3) is 0.125. The zero-order valence-electron chi connectivity index (χ0n) is 11.7. The standard InChI is InChI=1S/C16H13ClN2O3/c1-10(14-6-3-7-21-14)18-16(20)13-9-15(22-19-13)11-4-2-5-12(17)8-11/h2-10H,1H3,(H,18,20)/t10-/m1/s1. The molecule has 6 heteroatoms. The highest BCUT2D eigenvalue weighted by Gasteiger charge is 2.17. The number of nitrogens with zero attached hydrogens (tertiary/aromatic N) is 1. The van der Waals surface area contributed by atoms with E-state index in [2.05, 4.69) is 10.5 Å². The number of amides is 1. The molecule has 1 N–H and O–H groups in total. The molecule has 0 saturated carbocycles. The molecule has 112 valence electrons. The largest absolute Gasteiger partial charge is 0.467 e. The van der Waals surface area contributed by atoms with Gasteiger partial charge in [0.1, 0.15) is 5.76 Å². The molecule has 5 nitrogen and oxygen atoms in total. The molecule has 2 aromatic heterocycles. The van der Waals surface area contributed by atoms with Crippen LogP contribution < -0.4 is 5.32 Å². The molecule has 1 amide bonds. The van der Waals surface area contributed by atoms with Crippen LogP contribution in [0.3, 0.4) is 0 Å². The van der Waals surface area contributed by atoms with Crippen molar-refractivity contribution in [1.29, 1.82) is 0 Å². The van der Waals surface area contributed by atoms with E-state index in [4.69, 9.17) is 20.5 Å². The summed E-state index contributed by atoms with van der Waals surface area (Å²) in [6.07, 6.45) is 1.56. The van der Waals surface area contributed by atoms with Crippen molar-refractivity contribution in [1.82, 2.24) is 10.5 Å². The van der Waals surface area contributed by atoms with Gasteiger partial charge in [-0.25, -0.2) is 0 Å². The highest BCUT2D eigenvalue weighted by Crippen LogP contribution is 2.23. The molecule has 0 unspecified atom stereocenters. The zero-order valence-corrected chi connectivity index (χ0v) is 12.5. The Hall–Kier alpha value is -2.53. The number of aromatic nitrogens is 1. The van der Waals surface area contributed by atoms with Crippen LogP contribution in [0.25, 0.3) is 11.3 Å². The molecule has 22 heavy (non-hydrogen) atoms. The number of hydrogen-bond donors (Lipinski definition) is 1. The molecule has 0 saturated heterocycles. The van der Waals surface area contributed by atoms with Crippen LogP contribution in [0.2, 0.25) is 5.02 Å². The molecular formula is C16H13ClN2O3. The van der Waals surface area contributed by atoms with E-state index in [0.717, 1.165) is 5.56 Å². The van der Waals surface area contributed by atoms with E-state index in [9.17, 15) is 4.79 Å². The third kappa shape index (κ3) is 3.04. The van der Waals surface area contributed by atoms with Crippen molar-refractivity contribution >= 4 is 17.5 Å². The van der Waals surface area contributed by atoms with Crippen LogP contribution in [0.1, 0.15) is 29.2 Å². The van der Waals surface area contributed by atoms with Gasteiger partial charge in [-0.15, -0.1) is 0 Å². The number of carbonyl (C=O) groups excluding carboxylic acids is 1. The number of nitrogens with one attached hydrogen (secondary N) is 1. The van der Waals surface area contributed by atoms with Crippen molar-refractivity contribution in [3.8, 4) is 11.3 Å². The zero-order chi connectivity index (χ0) is 15.5. The van der Waals surface area contributed by atoms with Crippen LogP contribution in [0.4, 0.5) is 0 Å². The predicted octanol–water partition coefficient (Wildman–Crippen LogP) is 4.08. The van der Waals surface area contributed by atoms with Crippen molar-refractivity contribution in [3.63, 3.8) is 0 Å². The Bertz CT molecular complexity index is 780. The Morgan fingerprint density at radius 2 is 2.14 bits per heavy atom. The van der Waals surface area contributed by atoms with Gasteiger partial charge in [0.05, 0.1) is 12.3 Å². The van der Waals surface area contributed by atoms with Crippen LogP contribution in [0.15, 0.2) is 57.7 Å². The predicted molar refractivity (Wildman–Crippen MR) is 81.5 cm³/mol. The fourth-order valence-electron chi connectivity index (χ4n) is 2.04. The second-order valence-corrected chi connectivity index (χ2v) is 5.23. The van der Waals surface area contributed by atoms with E-state index in [1.165, 1.54) is 0 Å². The van der Waals surface area contributed by atoms with Crippen LogP contribution in [0.5, 0.6) is 0 Å². The van der Waals surface area contributed by atoms with Crippen LogP contribution in [-0.4, -0.2) is 11.1 Å². The maximum atomic E-state index is 12.2. The molecule has 0 fully saturated rings.